The summed E-state index contributed by atoms with van der Waals surface area (Å²) < 4.78 is 31.5. The van der Waals surface area contributed by atoms with Crippen LogP contribution in [0.1, 0.15) is 5.56 Å². The highest BCUT2D eigenvalue weighted by molar-refractivity contribution is 9.10. The van der Waals surface area contributed by atoms with Crippen LogP contribution in [0.4, 0.5) is 0 Å². The van der Waals surface area contributed by atoms with Crippen molar-refractivity contribution in [3.8, 4) is 11.5 Å². The normalized spacial score (nSPS) is 11.7. The van der Waals surface area contributed by atoms with Gasteiger partial charge < -0.3 is 9.84 Å². The van der Waals surface area contributed by atoms with Crippen molar-refractivity contribution in [3.05, 3.63) is 52.5 Å². The molecule has 8 nitrogen and oxygen atoms in total. The first-order valence-electron chi connectivity index (χ1n) is 7.65. The molecule has 0 radical (unpaired) electrons. The SMILES string of the molecule is COc1cccc(/C=N\NC(=O)CN(C)S(=O)(=O)c2ccc(Br)cc2)c1O. The molecule has 0 fully saturated rings. The molecule has 0 aromatic heterocycles. The molecule has 27 heavy (non-hydrogen) atoms. The predicted molar refractivity (Wildman–Crippen MR) is 104 cm³/mol. The Balaban J connectivity index is 2.00. The number of para-hydroxylation sites is 1. The molecule has 0 unspecified atom stereocenters. The van der Waals surface area contributed by atoms with Crippen molar-refractivity contribution in [1.29, 1.82) is 0 Å². The highest BCUT2D eigenvalue weighted by Gasteiger charge is 2.22. The van der Waals surface area contributed by atoms with E-state index in [0.717, 1.165) is 8.78 Å². The molecule has 0 aliphatic rings. The molecular formula is C17H18BrN3O5S. The average molecular weight is 456 g/mol. The number of amides is 1. The summed E-state index contributed by atoms with van der Waals surface area (Å²) in [6, 6.07) is 10.9. The fraction of sp³-hybridized carbons (Fsp3) is 0.176. The second kappa shape index (κ2) is 8.98. The van der Waals surface area contributed by atoms with Gasteiger partial charge in [0.15, 0.2) is 11.5 Å². The van der Waals surface area contributed by atoms with Gasteiger partial charge in [-0.3, -0.25) is 4.79 Å². The average Bonchev–Trinajstić information content (AvgIpc) is 2.63. The Labute approximate surface area is 165 Å². The van der Waals surface area contributed by atoms with E-state index in [0.29, 0.717) is 5.56 Å². The van der Waals surface area contributed by atoms with Crippen molar-refractivity contribution < 1.29 is 23.1 Å². The Morgan fingerprint density at radius 3 is 2.59 bits per heavy atom. The zero-order valence-electron chi connectivity index (χ0n) is 14.6. The van der Waals surface area contributed by atoms with Crippen LogP contribution in [0, 0.1) is 0 Å². The largest absolute Gasteiger partial charge is 0.504 e. The minimum Gasteiger partial charge on any atom is -0.504 e. The zero-order chi connectivity index (χ0) is 20.0. The molecule has 0 spiro atoms. The number of phenols is 1. The summed E-state index contributed by atoms with van der Waals surface area (Å²) in [6.45, 7) is -0.417. The van der Waals surface area contributed by atoms with Crippen LogP contribution in [0.2, 0.25) is 0 Å². The van der Waals surface area contributed by atoms with Crippen LogP contribution >= 0.6 is 15.9 Å². The summed E-state index contributed by atoms with van der Waals surface area (Å²) in [5.41, 5.74) is 2.56. The van der Waals surface area contributed by atoms with E-state index in [-0.39, 0.29) is 16.4 Å². The van der Waals surface area contributed by atoms with Gasteiger partial charge in [-0.1, -0.05) is 22.0 Å². The Bertz CT molecular complexity index is 946. The molecule has 0 saturated carbocycles. The van der Waals surface area contributed by atoms with E-state index in [1.807, 2.05) is 0 Å². The third-order valence-electron chi connectivity index (χ3n) is 3.53. The molecule has 0 saturated heterocycles. The van der Waals surface area contributed by atoms with Gasteiger partial charge in [0.05, 0.1) is 24.8 Å². The van der Waals surface area contributed by atoms with E-state index in [1.165, 1.54) is 32.5 Å². The van der Waals surface area contributed by atoms with Crippen molar-refractivity contribution in [2.24, 2.45) is 5.10 Å². The topological polar surface area (TPSA) is 108 Å². The Morgan fingerprint density at radius 2 is 1.96 bits per heavy atom. The summed E-state index contributed by atoms with van der Waals surface area (Å²) in [5, 5.41) is 13.7. The second-order valence-corrected chi connectivity index (χ2v) is 8.37. The lowest BCUT2D eigenvalue weighted by Crippen LogP contribution is -2.36. The van der Waals surface area contributed by atoms with Crippen LogP contribution in [-0.2, 0) is 14.8 Å². The van der Waals surface area contributed by atoms with Gasteiger partial charge in [0.2, 0.25) is 10.0 Å². The standard InChI is InChI=1S/C17H18BrN3O5S/c1-21(27(24,25)14-8-6-13(18)7-9-14)11-16(22)20-19-10-12-4-3-5-15(26-2)17(12)23/h3-10,23H,11H2,1-2H3,(H,20,22)/b19-10-. The number of methoxy groups -OCH3 is 1. The molecular weight excluding hydrogens is 438 g/mol. The van der Waals surface area contributed by atoms with Crippen LogP contribution in [0.3, 0.4) is 0 Å². The van der Waals surface area contributed by atoms with Crippen LogP contribution in [-0.4, -0.2) is 50.7 Å². The highest BCUT2D eigenvalue weighted by Crippen LogP contribution is 2.27. The number of benzene rings is 2. The molecule has 2 aromatic rings. The monoisotopic (exact) mass is 455 g/mol. The van der Waals surface area contributed by atoms with Gasteiger partial charge in [0.1, 0.15) is 0 Å². The first-order valence-corrected chi connectivity index (χ1v) is 9.89. The molecule has 10 heteroatoms. The minimum absolute atomic E-state index is 0.0748. The number of hydrogen-bond donors (Lipinski definition) is 2. The first-order chi connectivity index (χ1) is 12.8. The van der Waals surface area contributed by atoms with E-state index in [1.54, 1.807) is 30.3 Å². The number of sulfonamides is 1. The van der Waals surface area contributed by atoms with E-state index >= 15 is 0 Å². The number of aromatic hydroxyl groups is 1. The van der Waals surface area contributed by atoms with Crippen LogP contribution in [0.15, 0.2) is 56.9 Å². The fourth-order valence-corrected chi connectivity index (χ4v) is 3.48. The molecule has 0 atom stereocenters. The first kappa shape index (κ1) is 20.9. The van der Waals surface area contributed by atoms with E-state index in [4.69, 9.17) is 4.74 Å². The van der Waals surface area contributed by atoms with E-state index < -0.39 is 22.5 Å². The molecule has 144 valence electrons. The number of phenolic OH excluding ortho intramolecular Hbond substituents is 1. The van der Waals surface area contributed by atoms with Gasteiger partial charge in [-0.25, -0.2) is 13.8 Å². The maximum absolute atomic E-state index is 12.4. The van der Waals surface area contributed by atoms with Crippen molar-refractivity contribution >= 4 is 38.1 Å². The van der Waals surface area contributed by atoms with Crippen LogP contribution < -0.4 is 10.2 Å². The Morgan fingerprint density at radius 1 is 1.30 bits per heavy atom. The molecule has 1 amide bonds. The molecule has 2 N–H and O–H groups in total. The Hall–Kier alpha value is -2.43. The predicted octanol–water partition coefficient (Wildman–Crippen LogP) is 1.93. The smallest absolute Gasteiger partial charge is 0.255 e. The molecule has 0 aliphatic heterocycles. The number of carbonyl (C=O) groups excluding carboxylic acids is 1. The highest BCUT2D eigenvalue weighted by atomic mass is 79.9. The van der Waals surface area contributed by atoms with E-state index in [2.05, 4.69) is 26.5 Å². The van der Waals surface area contributed by atoms with E-state index in [9.17, 15) is 18.3 Å². The molecule has 0 heterocycles. The number of halogens is 1. The maximum atomic E-state index is 12.4. The quantitative estimate of drug-likeness (QED) is 0.489. The summed E-state index contributed by atoms with van der Waals surface area (Å²) in [5.74, 6) is -0.477. The van der Waals surface area contributed by atoms with Gasteiger partial charge in [0.25, 0.3) is 5.91 Å². The van der Waals surface area contributed by atoms with Gasteiger partial charge in [0, 0.05) is 17.1 Å². The van der Waals surface area contributed by atoms with Crippen molar-refractivity contribution in [2.75, 3.05) is 20.7 Å². The summed E-state index contributed by atoms with van der Waals surface area (Å²) in [6.07, 6.45) is 1.24. The van der Waals surface area contributed by atoms with Gasteiger partial charge in [-0.2, -0.15) is 9.41 Å². The molecule has 0 bridgehead atoms. The number of rotatable bonds is 7. The van der Waals surface area contributed by atoms with Gasteiger partial charge in [-0.05, 0) is 36.4 Å². The molecule has 2 aromatic carbocycles. The summed E-state index contributed by atoms with van der Waals surface area (Å²) >= 11 is 3.24. The third-order valence-corrected chi connectivity index (χ3v) is 5.88. The van der Waals surface area contributed by atoms with Crippen molar-refractivity contribution in [3.63, 3.8) is 0 Å². The summed E-state index contributed by atoms with van der Waals surface area (Å²) in [7, 11) is -1.08. The van der Waals surface area contributed by atoms with Crippen molar-refractivity contribution in [2.45, 2.75) is 4.90 Å². The number of ether oxygens (including phenoxy) is 1. The van der Waals surface area contributed by atoms with Crippen molar-refractivity contribution in [1.82, 2.24) is 9.73 Å². The second-order valence-electron chi connectivity index (χ2n) is 5.41. The number of nitrogens with one attached hydrogen (secondary N) is 1. The van der Waals surface area contributed by atoms with Gasteiger partial charge in [-0.15, -0.1) is 0 Å². The number of carbonyl (C=O) groups is 1. The number of hydrazone groups is 1. The van der Waals surface area contributed by atoms with Gasteiger partial charge >= 0.3 is 0 Å². The molecule has 0 aliphatic carbocycles. The van der Waals surface area contributed by atoms with Crippen LogP contribution in [0.5, 0.6) is 11.5 Å². The zero-order valence-corrected chi connectivity index (χ0v) is 17.0. The minimum atomic E-state index is -3.80. The van der Waals surface area contributed by atoms with Crippen LogP contribution in [0.25, 0.3) is 0 Å². The molecule has 2 rings (SSSR count). The lowest BCUT2D eigenvalue weighted by atomic mass is 10.2. The Kier molecular flexibility index (Phi) is 6.94. The fourth-order valence-electron chi connectivity index (χ4n) is 2.09. The maximum Gasteiger partial charge on any atom is 0.255 e. The summed E-state index contributed by atoms with van der Waals surface area (Å²) in [4.78, 5) is 12.0. The number of likely N-dealkylation sites (N-methyl/N-ethyl adjacent to an activating group) is 1. The third kappa shape index (κ3) is 5.28. The number of nitrogens with zero attached hydrogens (tertiary/aromatic N) is 2. The number of hydrogen-bond acceptors (Lipinski definition) is 6. The lowest BCUT2D eigenvalue weighted by Gasteiger charge is -2.16. The lowest BCUT2D eigenvalue weighted by molar-refractivity contribution is -0.121.